The first-order chi connectivity index (χ1) is 11.1. The third-order valence-electron chi connectivity index (χ3n) is 4.97. The van der Waals surface area contributed by atoms with Crippen molar-refractivity contribution >= 4 is 10.0 Å². The third kappa shape index (κ3) is 4.11. The number of hydrogen-bond donors (Lipinski definition) is 0. The van der Waals surface area contributed by atoms with Crippen LogP contribution in [0.3, 0.4) is 0 Å². The maximum atomic E-state index is 13.0. The van der Waals surface area contributed by atoms with Crippen molar-refractivity contribution in [2.24, 2.45) is 5.92 Å². The molecule has 0 unspecified atom stereocenters. The van der Waals surface area contributed by atoms with E-state index < -0.39 is 15.8 Å². The maximum absolute atomic E-state index is 13.0. The monoisotopic (exact) mass is 340 g/mol. The fraction of sp³-hybridized carbons (Fsp3) is 0.647. The van der Waals surface area contributed by atoms with Crippen molar-refractivity contribution in [3.05, 3.63) is 30.1 Å². The minimum absolute atomic E-state index is 0.192. The zero-order valence-electron chi connectivity index (χ0n) is 13.5. The molecule has 2 fully saturated rings. The van der Waals surface area contributed by atoms with Gasteiger partial charge >= 0.3 is 0 Å². The molecule has 4 nitrogen and oxygen atoms in total. The molecule has 0 aromatic heterocycles. The van der Waals surface area contributed by atoms with Gasteiger partial charge in [0.05, 0.1) is 4.90 Å². The number of rotatable bonds is 4. The van der Waals surface area contributed by atoms with Crippen molar-refractivity contribution in [2.75, 3.05) is 32.7 Å². The highest BCUT2D eigenvalue weighted by Crippen LogP contribution is 2.25. The molecule has 3 rings (SSSR count). The Bertz CT molecular complexity index is 612. The molecular formula is C17H25FN2O2S. The zero-order valence-corrected chi connectivity index (χ0v) is 14.3. The second-order valence-corrected chi connectivity index (χ2v) is 8.60. The fourth-order valence-electron chi connectivity index (χ4n) is 3.65. The molecule has 0 spiro atoms. The normalized spacial score (nSPS) is 24.7. The average Bonchev–Trinajstić information content (AvgIpc) is 2.91. The van der Waals surface area contributed by atoms with Gasteiger partial charge in [0.15, 0.2) is 0 Å². The largest absolute Gasteiger partial charge is 0.303 e. The van der Waals surface area contributed by atoms with Gasteiger partial charge in [-0.1, -0.05) is 0 Å². The SMILES string of the molecule is O=S(=O)(c1ccc(F)cc1)N1CCC[C@H](CN2CCCC2)CC1. The first kappa shape index (κ1) is 16.9. The van der Waals surface area contributed by atoms with Gasteiger partial charge in [-0.3, -0.25) is 0 Å². The van der Waals surface area contributed by atoms with Gasteiger partial charge in [-0.2, -0.15) is 4.31 Å². The third-order valence-corrected chi connectivity index (χ3v) is 6.89. The lowest BCUT2D eigenvalue weighted by Crippen LogP contribution is -2.32. The van der Waals surface area contributed by atoms with Crippen molar-refractivity contribution in [1.82, 2.24) is 9.21 Å². The summed E-state index contributed by atoms with van der Waals surface area (Å²) in [5.74, 6) is 0.173. The van der Waals surface area contributed by atoms with E-state index in [1.54, 1.807) is 4.31 Å². The first-order valence-corrected chi connectivity index (χ1v) is 9.98. The number of benzene rings is 1. The van der Waals surface area contributed by atoms with E-state index in [2.05, 4.69) is 4.90 Å². The van der Waals surface area contributed by atoms with Gasteiger partial charge in [0.2, 0.25) is 10.0 Å². The van der Waals surface area contributed by atoms with E-state index >= 15 is 0 Å². The number of nitrogens with zero attached hydrogens (tertiary/aromatic N) is 2. The second kappa shape index (κ2) is 7.28. The Hall–Kier alpha value is -0.980. The van der Waals surface area contributed by atoms with E-state index in [4.69, 9.17) is 0 Å². The molecule has 6 heteroatoms. The van der Waals surface area contributed by atoms with Gasteiger partial charge in [-0.15, -0.1) is 0 Å². The van der Waals surface area contributed by atoms with Gasteiger partial charge < -0.3 is 4.90 Å². The molecule has 0 radical (unpaired) electrons. The summed E-state index contributed by atoms with van der Waals surface area (Å²) in [4.78, 5) is 2.70. The standard InChI is InChI=1S/C17H25FN2O2S/c18-16-5-7-17(8-6-16)23(21,22)20-12-3-4-15(9-13-20)14-19-10-1-2-11-19/h5-8,15H,1-4,9-14H2/t15-/m0/s1. The van der Waals surface area contributed by atoms with Gasteiger partial charge in [0, 0.05) is 19.6 Å². The van der Waals surface area contributed by atoms with Crippen LogP contribution < -0.4 is 0 Å². The first-order valence-electron chi connectivity index (χ1n) is 8.54. The van der Waals surface area contributed by atoms with Crippen LogP contribution in [0.1, 0.15) is 32.1 Å². The average molecular weight is 340 g/mol. The molecule has 23 heavy (non-hydrogen) atoms. The lowest BCUT2D eigenvalue weighted by Gasteiger charge is -2.23. The van der Waals surface area contributed by atoms with E-state index in [-0.39, 0.29) is 4.90 Å². The summed E-state index contributed by atoms with van der Waals surface area (Å²) in [5, 5.41) is 0. The summed E-state index contributed by atoms with van der Waals surface area (Å²) in [6, 6.07) is 5.14. The summed E-state index contributed by atoms with van der Waals surface area (Å²) in [7, 11) is -3.50. The van der Waals surface area contributed by atoms with Crippen molar-refractivity contribution in [3.8, 4) is 0 Å². The summed E-state index contributed by atoms with van der Waals surface area (Å²) >= 11 is 0. The lowest BCUT2D eigenvalue weighted by atomic mass is 10.0. The molecule has 2 aliphatic rings. The molecule has 1 aromatic rings. The van der Waals surface area contributed by atoms with Crippen molar-refractivity contribution in [1.29, 1.82) is 0 Å². The highest BCUT2D eigenvalue weighted by Gasteiger charge is 2.28. The van der Waals surface area contributed by atoms with E-state index in [1.165, 1.54) is 50.2 Å². The summed E-state index contributed by atoms with van der Waals surface area (Å²) in [6.45, 7) is 4.61. The molecule has 2 saturated heterocycles. The van der Waals surface area contributed by atoms with E-state index in [1.807, 2.05) is 0 Å². The molecule has 128 valence electrons. The molecule has 0 amide bonds. The summed E-state index contributed by atoms with van der Waals surface area (Å²) in [5.41, 5.74) is 0. The summed E-state index contributed by atoms with van der Waals surface area (Å²) < 4.78 is 40.0. The van der Waals surface area contributed by atoms with Gasteiger partial charge in [-0.25, -0.2) is 12.8 Å². The van der Waals surface area contributed by atoms with Crippen molar-refractivity contribution in [2.45, 2.75) is 37.0 Å². The highest BCUT2D eigenvalue weighted by atomic mass is 32.2. The Morgan fingerprint density at radius 3 is 2.35 bits per heavy atom. The zero-order chi connectivity index (χ0) is 16.3. The van der Waals surface area contributed by atoms with Crippen LogP contribution in [-0.2, 0) is 10.0 Å². The number of likely N-dealkylation sites (tertiary alicyclic amines) is 1. The molecule has 0 N–H and O–H groups in total. The van der Waals surface area contributed by atoms with Crippen LogP contribution >= 0.6 is 0 Å². The minimum atomic E-state index is -3.50. The van der Waals surface area contributed by atoms with Crippen molar-refractivity contribution < 1.29 is 12.8 Å². The lowest BCUT2D eigenvalue weighted by molar-refractivity contribution is 0.262. The number of sulfonamides is 1. The topological polar surface area (TPSA) is 40.6 Å². The molecule has 1 atom stereocenters. The van der Waals surface area contributed by atoms with E-state index in [9.17, 15) is 12.8 Å². The van der Waals surface area contributed by atoms with Crippen molar-refractivity contribution in [3.63, 3.8) is 0 Å². The Balaban J connectivity index is 1.63. The van der Waals surface area contributed by atoms with Gasteiger partial charge in [0.25, 0.3) is 0 Å². The predicted octanol–water partition coefficient (Wildman–Crippen LogP) is 2.71. The Labute approximate surface area is 138 Å². The maximum Gasteiger partial charge on any atom is 0.243 e. The van der Waals surface area contributed by atoms with Gasteiger partial charge in [0.1, 0.15) is 5.82 Å². The van der Waals surface area contributed by atoms with Crippen LogP contribution in [0.15, 0.2) is 29.2 Å². The van der Waals surface area contributed by atoms with Crippen LogP contribution in [0.25, 0.3) is 0 Å². The molecule has 0 bridgehead atoms. The smallest absolute Gasteiger partial charge is 0.243 e. The summed E-state index contributed by atoms with van der Waals surface area (Å²) in [6.07, 6.45) is 5.48. The highest BCUT2D eigenvalue weighted by molar-refractivity contribution is 7.89. The Kier molecular flexibility index (Phi) is 5.34. The Morgan fingerprint density at radius 1 is 0.957 bits per heavy atom. The second-order valence-electron chi connectivity index (χ2n) is 6.66. The Morgan fingerprint density at radius 2 is 1.65 bits per heavy atom. The van der Waals surface area contributed by atoms with Crippen LogP contribution in [0.4, 0.5) is 4.39 Å². The number of hydrogen-bond acceptors (Lipinski definition) is 3. The van der Waals surface area contributed by atoms with Gasteiger partial charge in [-0.05, 0) is 75.4 Å². The fourth-order valence-corrected chi connectivity index (χ4v) is 5.14. The van der Waals surface area contributed by atoms with Crippen LogP contribution in [-0.4, -0.2) is 50.3 Å². The van der Waals surface area contributed by atoms with Crippen LogP contribution in [0, 0.1) is 11.7 Å². The minimum Gasteiger partial charge on any atom is -0.303 e. The van der Waals surface area contributed by atoms with Crippen LogP contribution in [0.2, 0.25) is 0 Å². The molecule has 2 aliphatic heterocycles. The molecule has 0 saturated carbocycles. The molecule has 1 aromatic carbocycles. The number of halogens is 1. The predicted molar refractivity (Wildman–Crippen MR) is 88.2 cm³/mol. The van der Waals surface area contributed by atoms with E-state index in [0.29, 0.717) is 19.0 Å². The molecule has 2 heterocycles. The van der Waals surface area contributed by atoms with E-state index in [0.717, 1.165) is 25.8 Å². The van der Waals surface area contributed by atoms with Crippen LogP contribution in [0.5, 0.6) is 0 Å². The molecular weight excluding hydrogens is 315 g/mol. The quantitative estimate of drug-likeness (QED) is 0.846. The molecule has 0 aliphatic carbocycles.